The molecule has 1 aromatic heterocycles. The number of nitrogens with zero attached hydrogens (tertiary/aromatic N) is 1. The molecule has 0 radical (unpaired) electrons. The molecule has 3 aromatic rings. The van der Waals surface area contributed by atoms with Crippen molar-refractivity contribution in [1.82, 2.24) is 16.0 Å². The van der Waals surface area contributed by atoms with Crippen molar-refractivity contribution in [2.75, 3.05) is 6.61 Å². The van der Waals surface area contributed by atoms with Crippen molar-refractivity contribution in [2.45, 2.75) is 20.3 Å². The average molecular weight is 379 g/mol. The van der Waals surface area contributed by atoms with E-state index in [4.69, 9.17) is 9.26 Å². The number of carbonyl (C=O) groups excluding carboxylic acids is 2. The maximum absolute atomic E-state index is 12.1. The molecular formula is C21H21N3O4. The lowest BCUT2D eigenvalue weighted by Crippen LogP contribution is -2.44. The number of hydrogen-bond acceptors (Lipinski definition) is 5. The smallest absolute Gasteiger partial charge is 0.276 e. The van der Waals surface area contributed by atoms with Crippen molar-refractivity contribution in [1.29, 1.82) is 0 Å². The molecule has 2 amide bonds. The molecule has 1 heterocycles. The molecule has 28 heavy (non-hydrogen) atoms. The lowest BCUT2D eigenvalue weighted by Gasteiger charge is -2.12. The van der Waals surface area contributed by atoms with Crippen LogP contribution in [0.25, 0.3) is 0 Å². The summed E-state index contributed by atoms with van der Waals surface area (Å²) >= 11 is 0. The Labute approximate surface area is 162 Å². The van der Waals surface area contributed by atoms with Gasteiger partial charge in [0.15, 0.2) is 6.61 Å². The van der Waals surface area contributed by atoms with Gasteiger partial charge < -0.3 is 9.26 Å². The van der Waals surface area contributed by atoms with Crippen molar-refractivity contribution in [3.63, 3.8) is 0 Å². The van der Waals surface area contributed by atoms with Crippen LogP contribution in [0.5, 0.6) is 5.75 Å². The molecule has 0 saturated heterocycles. The largest absolute Gasteiger partial charge is 0.483 e. The normalized spacial score (nSPS) is 10.4. The average Bonchev–Trinajstić information content (AvgIpc) is 3.04. The van der Waals surface area contributed by atoms with E-state index >= 15 is 0 Å². The van der Waals surface area contributed by atoms with E-state index in [1.54, 1.807) is 13.8 Å². The van der Waals surface area contributed by atoms with Crippen LogP contribution in [0.2, 0.25) is 0 Å². The van der Waals surface area contributed by atoms with E-state index in [0.717, 1.165) is 11.1 Å². The summed E-state index contributed by atoms with van der Waals surface area (Å²) < 4.78 is 10.6. The zero-order chi connectivity index (χ0) is 19.9. The third kappa shape index (κ3) is 4.76. The van der Waals surface area contributed by atoms with E-state index in [1.165, 1.54) is 0 Å². The van der Waals surface area contributed by atoms with Crippen molar-refractivity contribution in [3.05, 3.63) is 82.7 Å². The molecule has 0 aliphatic rings. The molecule has 3 rings (SSSR count). The zero-order valence-electron chi connectivity index (χ0n) is 15.7. The van der Waals surface area contributed by atoms with Gasteiger partial charge in [-0.05, 0) is 31.0 Å². The van der Waals surface area contributed by atoms with E-state index < -0.39 is 11.8 Å². The van der Waals surface area contributed by atoms with Gasteiger partial charge in [-0.2, -0.15) is 0 Å². The summed E-state index contributed by atoms with van der Waals surface area (Å²) in [6.45, 7) is 3.05. The van der Waals surface area contributed by atoms with Crippen LogP contribution >= 0.6 is 0 Å². The summed E-state index contributed by atoms with van der Waals surface area (Å²) in [4.78, 5) is 24.2. The predicted molar refractivity (Wildman–Crippen MR) is 103 cm³/mol. The Hall–Kier alpha value is -3.61. The van der Waals surface area contributed by atoms with Crippen LogP contribution in [0.15, 0.2) is 59.1 Å². The number of hydrazine groups is 1. The number of para-hydroxylation sites is 1. The van der Waals surface area contributed by atoms with Crippen LogP contribution in [-0.2, 0) is 11.2 Å². The molecule has 0 atom stereocenters. The zero-order valence-corrected chi connectivity index (χ0v) is 15.7. The molecule has 0 fully saturated rings. The maximum atomic E-state index is 12.1. The summed E-state index contributed by atoms with van der Waals surface area (Å²) in [5.74, 6) is 0.0394. The van der Waals surface area contributed by atoms with Gasteiger partial charge >= 0.3 is 0 Å². The highest BCUT2D eigenvalue weighted by molar-refractivity contribution is 5.97. The Morgan fingerprint density at radius 3 is 2.43 bits per heavy atom. The fraction of sp³-hybridized carbons (Fsp3) is 0.190. The maximum Gasteiger partial charge on any atom is 0.276 e. The molecule has 7 heteroatoms. The fourth-order valence-electron chi connectivity index (χ4n) is 2.78. The number of aryl methyl sites for hydroxylation is 2. The van der Waals surface area contributed by atoms with Crippen LogP contribution in [0.3, 0.4) is 0 Å². The first kappa shape index (κ1) is 19.2. The van der Waals surface area contributed by atoms with Gasteiger partial charge in [-0.25, -0.2) is 0 Å². The number of amides is 2. The second kappa shape index (κ2) is 8.85. The quantitative estimate of drug-likeness (QED) is 0.643. The molecule has 0 aliphatic carbocycles. The second-order valence-electron chi connectivity index (χ2n) is 6.26. The van der Waals surface area contributed by atoms with Gasteiger partial charge in [-0.1, -0.05) is 53.7 Å². The molecule has 0 bridgehead atoms. The van der Waals surface area contributed by atoms with Gasteiger partial charge in [0.1, 0.15) is 17.1 Å². The molecule has 0 spiro atoms. The second-order valence-corrected chi connectivity index (χ2v) is 6.26. The molecule has 2 aromatic carbocycles. The van der Waals surface area contributed by atoms with Crippen molar-refractivity contribution in [3.8, 4) is 5.75 Å². The van der Waals surface area contributed by atoms with E-state index in [9.17, 15) is 9.59 Å². The van der Waals surface area contributed by atoms with Crippen LogP contribution in [-0.4, -0.2) is 23.6 Å². The first-order chi connectivity index (χ1) is 13.5. The summed E-state index contributed by atoms with van der Waals surface area (Å²) in [5, 5.41) is 3.71. The molecular weight excluding hydrogens is 358 g/mol. The summed E-state index contributed by atoms with van der Waals surface area (Å²) in [6.07, 6.45) is 0.696. The minimum absolute atomic E-state index is 0.228. The van der Waals surface area contributed by atoms with Crippen molar-refractivity contribution >= 4 is 11.8 Å². The number of hydrogen-bond donors (Lipinski definition) is 2. The number of aromatic nitrogens is 1. The number of rotatable bonds is 6. The Morgan fingerprint density at radius 1 is 1.00 bits per heavy atom. The fourth-order valence-corrected chi connectivity index (χ4v) is 2.78. The van der Waals surface area contributed by atoms with Crippen LogP contribution < -0.4 is 15.6 Å². The van der Waals surface area contributed by atoms with Gasteiger partial charge in [0.25, 0.3) is 11.8 Å². The number of ether oxygens (including phenoxy) is 1. The first-order valence-electron chi connectivity index (χ1n) is 8.81. The molecule has 2 N–H and O–H groups in total. The standard InChI is InChI=1S/C21H21N3O4/c1-14-20(15(2)28-24-14)21(26)23-22-19(25)13-27-18-11-7-6-10-17(18)12-16-8-4-3-5-9-16/h3-11H,12-13H2,1-2H3,(H,22,25)(H,23,26). The summed E-state index contributed by atoms with van der Waals surface area (Å²) in [7, 11) is 0. The van der Waals surface area contributed by atoms with Crippen LogP contribution in [0, 0.1) is 13.8 Å². The van der Waals surface area contributed by atoms with Gasteiger partial charge in [0, 0.05) is 6.42 Å². The third-order valence-corrected chi connectivity index (χ3v) is 4.14. The van der Waals surface area contributed by atoms with Gasteiger partial charge in [-0.3, -0.25) is 20.4 Å². The molecule has 0 unspecified atom stereocenters. The van der Waals surface area contributed by atoms with Gasteiger partial charge in [0.2, 0.25) is 0 Å². The third-order valence-electron chi connectivity index (χ3n) is 4.14. The lowest BCUT2D eigenvalue weighted by molar-refractivity contribution is -0.123. The van der Waals surface area contributed by atoms with E-state index in [1.807, 2.05) is 54.6 Å². The van der Waals surface area contributed by atoms with Crippen LogP contribution in [0.4, 0.5) is 0 Å². The van der Waals surface area contributed by atoms with E-state index in [-0.39, 0.29) is 6.61 Å². The topological polar surface area (TPSA) is 93.5 Å². The highest BCUT2D eigenvalue weighted by atomic mass is 16.5. The van der Waals surface area contributed by atoms with Crippen molar-refractivity contribution < 1.29 is 18.8 Å². The molecule has 7 nitrogen and oxygen atoms in total. The van der Waals surface area contributed by atoms with Gasteiger partial charge in [-0.15, -0.1) is 0 Å². The monoisotopic (exact) mass is 379 g/mol. The number of benzene rings is 2. The summed E-state index contributed by atoms with van der Waals surface area (Å²) in [6, 6.07) is 17.5. The van der Waals surface area contributed by atoms with Crippen molar-refractivity contribution in [2.24, 2.45) is 0 Å². The Bertz CT molecular complexity index is 947. The van der Waals surface area contributed by atoms with Crippen LogP contribution in [0.1, 0.15) is 32.9 Å². The molecule has 144 valence electrons. The summed E-state index contributed by atoms with van der Waals surface area (Å²) in [5.41, 5.74) is 7.55. The Kier molecular flexibility index (Phi) is 6.06. The van der Waals surface area contributed by atoms with Gasteiger partial charge in [0.05, 0.1) is 5.69 Å². The highest BCUT2D eigenvalue weighted by Gasteiger charge is 2.18. The SMILES string of the molecule is Cc1noc(C)c1C(=O)NNC(=O)COc1ccccc1Cc1ccccc1. The molecule has 0 aliphatic heterocycles. The highest BCUT2D eigenvalue weighted by Crippen LogP contribution is 2.21. The minimum Gasteiger partial charge on any atom is -0.483 e. The first-order valence-corrected chi connectivity index (χ1v) is 8.81. The van der Waals surface area contributed by atoms with E-state index in [2.05, 4.69) is 16.0 Å². The van der Waals surface area contributed by atoms with E-state index in [0.29, 0.717) is 29.2 Å². The Morgan fingerprint density at radius 2 is 1.71 bits per heavy atom. The predicted octanol–water partition coefficient (Wildman–Crippen LogP) is 2.72. The number of nitrogens with one attached hydrogen (secondary N) is 2. The lowest BCUT2D eigenvalue weighted by atomic mass is 10.0. The minimum atomic E-state index is -0.492. The molecule has 0 saturated carbocycles. The Balaban J connectivity index is 1.54. The number of carbonyl (C=O) groups is 2.